The van der Waals surface area contributed by atoms with E-state index in [1.807, 2.05) is 0 Å². The molecule has 0 saturated carbocycles. The number of carbonyl (C=O) groups is 1. The monoisotopic (exact) mass is 380 g/mol. The van der Waals surface area contributed by atoms with Gasteiger partial charge in [-0.05, 0) is 35.2 Å². The first-order valence-corrected chi connectivity index (χ1v) is 7.27. The third kappa shape index (κ3) is 3.22. The fourth-order valence-corrected chi connectivity index (χ4v) is 2.59. The highest BCUT2D eigenvalue weighted by Crippen LogP contribution is 2.19. The lowest BCUT2D eigenvalue weighted by atomic mass is 10.1. The molecule has 0 bridgehead atoms. The quantitative estimate of drug-likeness (QED) is 0.581. The predicted molar refractivity (Wildman–Crippen MR) is 77.1 cm³/mol. The third-order valence-corrected chi connectivity index (χ3v) is 4.17. The minimum absolute atomic E-state index is 0.0456. The minimum atomic E-state index is -0.791. The molecule has 2 rings (SSSR count). The lowest BCUT2D eigenvalue weighted by Gasteiger charge is -2.34. The van der Waals surface area contributed by atoms with Gasteiger partial charge in [0.2, 0.25) is 0 Å². The van der Waals surface area contributed by atoms with Crippen molar-refractivity contribution in [1.29, 1.82) is 0 Å². The van der Waals surface area contributed by atoms with Gasteiger partial charge in [-0.2, -0.15) is 0 Å². The van der Waals surface area contributed by atoms with Crippen LogP contribution >= 0.6 is 22.6 Å². The Morgan fingerprint density at radius 2 is 1.84 bits per heavy atom. The van der Waals surface area contributed by atoms with Crippen molar-refractivity contribution in [2.75, 3.05) is 32.7 Å². The first-order valence-electron chi connectivity index (χ1n) is 6.19. The maximum atomic E-state index is 13.7. The molecule has 1 saturated heterocycles. The number of hydrogen-bond donors (Lipinski definition) is 0. The molecule has 6 heteroatoms. The Balaban J connectivity index is 2.14. The summed E-state index contributed by atoms with van der Waals surface area (Å²) in [4.78, 5) is 16.1. The van der Waals surface area contributed by atoms with Gasteiger partial charge in [-0.1, -0.05) is 6.92 Å². The van der Waals surface area contributed by atoms with E-state index in [4.69, 9.17) is 0 Å². The highest BCUT2D eigenvalue weighted by Gasteiger charge is 2.24. The maximum absolute atomic E-state index is 13.7. The normalized spacial score (nSPS) is 16.7. The van der Waals surface area contributed by atoms with Gasteiger partial charge in [0, 0.05) is 35.8 Å². The van der Waals surface area contributed by atoms with Gasteiger partial charge in [0.1, 0.15) is 11.6 Å². The summed E-state index contributed by atoms with van der Waals surface area (Å²) in [6.45, 7) is 5.77. The summed E-state index contributed by atoms with van der Waals surface area (Å²) < 4.78 is 27.1. The molecule has 1 fully saturated rings. The average molecular weight is 380 g/mol. The van der Waals surface area contributed by atoms with Crippen LogP contribution in [-0.2, 0) is 0 Å². The third-order valence-electron chi connectivity index (χ3n) is 3.35. The molecule has 3 nitrogen and oxygen atoms in total. The summed E-state index contributed by atoms with van der Waals surface area (Å²) in [6.07, 6.45) is 0. The van der Waals surface area contributed by atoms with E-state index in [1.54, 1.807) is 27.5 Å². The van der Waals surface area contributed by atoms with Crippen LogP contribution < -0.4 is 0 Å². The first kappa shape index (κ1) is 14.6. The zero-order valence-corrected chi connectivity index (χ0v) is 12.8. The molecule has 0 aromatic heterocycles. The van der Waals surface area contributed by atoms with E-state index in [0.717, 1.165) is 25.7 Å². The minimum Gasteiger partial charge on any atom is -0.336 e. The van der Waals surface area contributed by atoms with Crippen LogP contribution in [0.3, 0.4) is 0 Å². The van der Waals surface area contributed by atoms with Gasteiger partial charge in [0.15, 0.2) is 0 Å². The molecule has 19 heavy (non-hydrogen) atoms. The van der Waals surface area contributed by atoms with E-state index < -0.39 is 11.6 Å². The SMILES string of the molecule is CCN1CCN(C(=O)c2cc(I)c(F)cc2F)CC1. The maximum Gasteiger partial charge on any atom is 0.256 e. The lowest BCUT2D eigenvalue weighted by molar-refractivity contribution is 0.0638. The van der Waals surface area contributed by atoms with Crippen molar-refractivity contribution < 1.29 is 13.6 Å². The van der Waals surface area contributed by atoms with E-state index in [1.165, 1.54) is 6.07 Å². The van der Waals surface area contributed by atoms with E-state index in [2.05, 4.69) is 11.8 Å². The van der Waals surface area contributed by atoms with Gasteiger partial charge in [-0.15, -0.1) is 0 Å². The Hall–Kier alpha value is -0.760. The number of amides is 1. The summed E-state index contributed by atoms with van der Waals surface area (Å²) >= 11 is 1.76. The van der Waals surface area contributed by atoms with E-state index in [9.17, 15) is 13.6 Å². The van der Waals surface area contributed by atoms with Crippen molar-refractivity contribution in [1.82, 2.24) is 9.80 Å². The molecule has 0 spiro atoms. The van der Waals surface area contributed by atoms with E-state index >= 15 is 0 Å². The topological polar surface area (TPSA) is 23.6 Å². The zero-order chi connectivity index (χ0) is 14.0. The zero-order valence-electron chi connectivity index (χ0n) is 10.6. The first-order chi connectivity index (χ1) is 9.02. The molecule has 0 radical (unpaired) electrons. The number of nitrogens with zero attached hydrogens (tertiary/aromatic N) is 2. The van der Waals surface area contributed by atoms with Gasteiger partial charge in [0.25, 0.3) is 5.91 Å². The second kappa shape index (κ2) is 6.13. The van der Waals surface area contributed by atoms with Crippen LogP contribution in [0.1, 0.15) is 17.3 Å². The van der Waals surface area contributed by atoms with Crippen LogP contribution in [0.15, 0.2) is 12.1 Å². The number of likely N-dealkylation sites (N-methyl/N-ethyl adjacent to an activating group) is 1. The van der Waals surface area contributed by atoms with Crippen LogP contribution in [0.2, 0.25) is 0 Å². The number of rotatable bonds is 2. The largest absolute Gasteiger partial charge is 0.336 e. The van der Waals surface area contributed by atoms with Crippen LogP contribution in [0, 0.1) is 15.2 Å². The second-order valence-corrected chi connectivity index (χ2v) is 5.63. The summed E-state index contributed by atoms with van der Waals surface area (Å²) in [5.41, 5.74) is -0.0456. The van der Waals surface area contributed by atoms with Gasteiger partial charge < -0.3 is 9.80 Å². The van der Waals surface area contributed by atoms with Crippen molar-refractivity contribution in [3.63, 3.8) is 0 Å². The Morgan fingerprint density at radius 3 is 2.42 bits per heavy atom. The van der Waals surface area contributed by atoms with Crippen molar-refractivity contribution in [2.45, 2.75) is 6.92 Å². The molecule has 0 N–H and O–H groups in total. The fourth-order valence-electron chi connectivity index (χ4n) is 2.12. The van der Waals surface area contributed by atoms with Crippen LogP contribution in [0.5, 0.6) is 0 Å². The Kier molecular flexibility index (Phi) is 4.72. The Bertz CT molecular complexity index is 488. The lowest BCUT2D eigenvalue weighted by Crippen LogP contribution is -2.48. The summed E-state index contributed by atoms with van der Waals surface area (Å²) in [7, 11) is 0. The average Bonchev–Trinajstić information content (AvgIpc) is 2.42. The van der Waals surface area contributed by atoms with Crippen LogP contribution in [-0.4, -0.2) is 48.4 Å². The van der Waals surface area contributed by atoms with Crippen molar-refractivity contribution in [3.05, 3.63) is 32.9 Å². The van der Waals surface area contributed by atoms with Crippen LogP contribution in [0.4, 0.5) is 8.78 Å². The number of hydrogen-bond acceptors (Lipinski definition) is 2. The van der Waals surface area contributed by atoms with Gasteiger partial charge in [-0.3, -0.25) is 4.79 Å². The molecule has 1 aromatic carbocycles. The summed E-state index contributed by atoms with van der Waals surface area (Å²) in [6, 6.07) is 2.05. The Morgan fingerprint density at radius 1 is 1.21 bits per heavy atom. The molecule has 1 aliphatic rings. The fraction of sp³-hybridized carbons (Fsp3) is 0.462. The molecule has 0 aliphatic carbocycles. The van der Waals surface area contributed by atoms with Gasteiger partial charge in [-0.25, -0.2) is 8.78 Å². The van der Waals surface area contributed by atoms with Crippen molar-refractivity contribution in [2.24, 2.45) is 0 Å². The van der Waals surface area contributed by atoms with Crippen molar-refractivity contribution in [3.8, 4) is 0 Å². The highest BCUT2D eigenvalue weighted by atomic mass is 127. The number of carbonyl (C=O) groups excluding carboxylic acids is 1. The Labute approximate surface area is 124 Å². The van der Waals surface area contributed by atoms with E-state index in [-0.39, 0.29) is 15.0 Å². The standard InChI is InChI=1S/C13H15F2IN2O/c1-2-17-3-5-18(6-4-17)13(19)9-7-12(16)11(15)8-10(9)14/h7-8H,2-6H2,1H3. The molecule has 1 aromatic rings. The van der Waals surface area contributed by atoms with Gasteiger partial charge >= 0.3 is 0 Å². The smallest absolute Gasteiger partial charge is 0.256 e. The second-order valence-electron chi connectivity index (χ2n) is 4.47. The predicted octanol–water partition coefficient (Wildman–Crippen LogP) is 2.35. The molecular formula is C13H15F2IN2O. The molecule has 1 aliphatic heterocycles. The molecule has 0 unspecified atom stereocenters. The molecular weight excluding hydrogens is 365 g/mol. The highest BCUT2D eigenvalue weighted by molar-refractivity contribution is 14.1. The number of halogens is 3. The summed E-state index contributed by atoms with van der Waals surface area (Å²) in [5.74, 6) is -1.78. The summed E-state index contributed by atoms with van der Waals surface area (Å²) in [5, 5.41) is 0. The number of piperazine rings is 1. The molecule has 0 atom stereocenters. The van der Waals surface area contributed by atoms with Crippen LogP contribution in [0.25, 0.3) is 0 Å². The van der Waals surface area contributed by atoms with Crippen molar-refractivity contribution >= 4 is 28.5 Å². The molecule has 1 amide bonds. The van der Waals surface area contributed by atoms with E-state index in [0.29, 0.717) is 13.1 Å². The number of benzene rings is 1. The molecule has 1 heterocycles. The molecule has 104 valence electrons. The van der Waals surface area contributed by atoms with Gasteiger partial charge in [0.05, 0.1) is 5.56 Å².